The van der Waals surface area contributed by atoms with Crippen molar-refractivity contribution < 1.29 is 13.9 Å². The molecule has 6 nitrogen and oxygen atoms in total. The van der Waals surface area contributed by atoms with Crippen molar-refractivity contribution in [3.8, 4) is 11.1 Å². The van der Waals surface area contributed by atoms with Crippen LogP contribution in [0.1, 0.15) is 45.4 Å². The molecule has 1 saturated carbocycles. The Hall–Kier alpha value is -2.22. The third-order valence-electron chi connectivity index (χ3n) is 6.98. The molecule has 1 atom stereocenters. The zero-order valence-corrected chi connectivity index (χ0v) is 20.5. The molecule has 0 unspecified atom stereocenters. The van der Waals surface area contributed by atoms with Gasteiger partial charge in [0.15, 0.2) is 0 Å². The highest BCUT2D eigenvalue weighted by molar-refractivity contribution is 5.70. The predicted molar refractivity (Wildman–Crippen MR) is 136 cm³/mol. The summed E-state index contributed by atoms with van der Waals surface area (Å²) in [6.07, 6.45) is 7.87. The van der Waals surface area contributed by atoms with E-state index in [4.69, 9.17) is 9.47 Å². The molecule has 0 amide bonds. The first-order valence-corrected chi connectivity index (χ1v) is 12.7. The minimum absolute atomic E-state index is 0.299. The summed E-state index contributed by atoms with van der Waals surface area (Å²) in [5.41, 5.74) is 2.46. The van der Waals surface area contributed by atoms with Crippen molar-refractivity contribution in [2.45, 2.75) is 63.6 Å². The van der Waals surface area contributed by atoms with Crippen molar-refractivity contribution in [1.82, 2.24) is 10.3 Å². The van der Waals surface area contributed by atoms with Gasteiger partial charge in [-0.1, -0.05) is 12.1 Å². The number of benzene rings is 1. The SMILES string of the molecule is COC[C@H](C)N[C@H]1CC[C@H](Nc2cc(-c3cccc(NCC4CCOCC4)c3)c(F)cn2)CC1. The predicted octanol–water partition coefficient (Wildman–Crippen LogP) is 5.07. The minimum Gasteiger partial charge on any atom is -0.385 e. The Balaban J connectivity index is 1.34. The van der Waals surface area contributed by atoms with Crippen LogP contribution in [0.15, 0.2) is 36.5 Å². The van der Waals surface area contributed by atoms with Crippen LogP contribution in [0, 0.1) is 11.7 Å². The van der Waals surface area contributed by atoms with E-state index in [-0.39, 0.29) is 5.82 Å². The normalized spacial score (nSPS) is 22.3. The van der Waals surface area contributed by atoms with Crippen LogP contribution in [0.5, 0.6) is 0 Å². The molecule has 2 aliphatic rings. The molecule has 2 aromatic rings. The minimum atomic E-state index is -0.299. The van der Waals surface area contributed by atoms with Crippen LogP contribution in [-0.4, -0.2) is 56.6 Å². The number of hydrogen-bond donors (Lipinski definition) is 3. The van der Waals surface area contributed by atoms with Crippen LogP contribution >= 0.6 is 0 Å². The molecule has 1 aromatic heterocycles. The van der Waals surface area contributed by atoms with Crippen molar-refractivity contribution in [3.05, 3.63) is 42.3 Å². The molecule has 1 aliphatic heterocycles. The number of anilines is 2. The summed E-state index contributed by atoms with van der Waals surface area (Å²) in [6.45, 7) is 5.49. The van der Waals surface area contributed by atoms with Gasteiger partial charge in [-0.15, -0.1) is 0 Å². The van der Waals surface area contributed by atoms with Gasteiger partial charge in [-0.05, 0) is 75.1 Å². The zero-order valence-electron chi connectivity index (χ0n) is 20.5. The van der Waals surface area contributed by atoms with Gasteiger partial charge in [-0.2, -0.15) is 0 Å². The average Bonchev–Trinajstić information content (AvgIpc) is 2.86. The molecule has 0 spiro atoms. The lowest BCUT2D eigenvalue weighted by Crippen LogP contribution is -2.42. The summed E-state index contributed by atoms with van der Waals surface area (Å²) >= 11 is 0. The molecule has 0 radical (unpaired) electrons. The second-order valence-electron chi connectivity index (χ2n) is 9.78. The first kappa shape index (κ1) is 24.9. The molecule has 3 N–H and O–H groups in total. The number of aromatic nitrogens is 1. The van der Waals surface area contributed by atoms with Crippen LogP contribution in [0.2, 0.25) is 0 Å². The smallest absolute Gasteiger partial charge is 0.149 e. The summed E-state index contributed by atoms with van der Waals surface area (Å²) < 4.78 is 25.4. The molecule has 1 aromatic carbocycles. The topological polar surface area (TPSA) is 67.4 Å². The van der Waals surface area contributed by atoms with Gasteiger partial charge in [0.1, 0.15) is 11.6 Å². The van der Waals surface area contributed by atoms with Gasteiger partial charge in [-0.25, -0.2) is 9.37 Å². The van der Waals surface area contributed by atoms with Gasteiger partial charge in [0, 0.05) is 56.2 Å². The van der Waals surface area contributed by atoms with Crippen molar-refractivity contribution in [2.75, 3.05) is 44.1 Å². The third kappa shape index (κ3) is 7.14. The van der Waals surface area contributed by atoms with Crippen LogP contribution < -0.4 is 16.0 Å². The average molecular weight is 471 g/mol. The molecule has 34 heavy (non-hydrogen) atoms. The van der Waals surface area contributed by atoms with E-state index < -0.39 is 0 Å². The fourth-order valence-corrected chi connectivity index (χ4v) is 5.06. The standard InChI is InChI=1S/C27H39FN4O2/c1-19(18-33-2)31-22-6-8-23(9-7-22)32-27-15-25(26(28)17-30-27)21-4-3-5-24(14-21)29-16-20-10-12-34-13-11-20/h3-5,14-15,17,19-20,22-23,29,31H,6-13,16,18H2,1-2H3,(H,30,32)/t19-,22-,23-/m0/s1. The van der Waals surface area contributed by atoms with Gasteiger partial charge in [0.05, 0.1) is 12.8 Å². The van der Waals surface area contributed by atoms with E-state index in [0.717, 1.165) is 82.0 Å². The van der Waals surface area contributed by atoms with Crippen LogP contribution in [0.3, 0.4) is 0 Å². The molecule has 1 aliphatic carbocycles. The third-order valence-corrected chi connectivity index (χ3v) is 6.98. The number of pyridine rings is 1. The van der Waals surface area contributed by atoms with E-state index in [1.54, 1.807) is 7.11 Å². The van der Waals surface area contributed by atoms with Crippen molar-refractivity contribution in [3.63, 3.8) is 0 Å². The van der Waals surface area contributed by atoms with Crippen molar-refractivity contribution >= 4 is 11.5 Å². The Morgan fingerprint density at radius 2 is 1.85 bits per heavy atom. The highest BCUT2D eigenvalue weighted by atomic mass is 19.1. The number of rotatable bonds is 10. The van der Waals surface area contributed by atoms with Gasteiger partial charge < -0.3 is 25.4 Å². The maximum absolute atomic E-state index is 14.7. The Morgan fingerprint density at radius 1 is 1.09 bits per heavy atom. The number of halogens is 1. The highest BCUT2D eigenvalue weighted by Crippen LogP contribution is 2.29. The monoisotopic (exact) mass is 470 g/mol. The maximum Gasteiger partial charge on any atom is 0.149 e. The molecular formula is C27H39FN4O2. The summed E-state index contributed by atoms with van der Waals surface area (Å²) in [6, 6.07) is 11.1. The molecule has 2 fully saturated rings. The number of methoxy groups -OCH3 is 1. The van der Waals surface area contributed by atoms with E-state index in [2.05, 4.69) is 27.9 Å². The van der Waals surface area contributed by atoms with E-state index in [1.807, 2.05) is 30.3 Å². The Morgan fingerprint density at radius 3 is 2.62 bits per heavy atom. The van der Waals surface area contributed by atoms with E-state index in [0.29, 0.717) is 29.6 Å². The van der Waals surface area contributed by atoms with E-state index >= 15 is 0 Å². The Labute approximate surface area is 203 Å². The van der Waals surface area contributed by atoms with Crippen molar-refractivity contribution in [2.24, 2.45) is 5.92 Å². The van der Waals surface area contributed by atoms with E-state index in [1.165, 1.54) is 6.20 Å². The molecular weight excluding hydrogens is 431 g/mol. The second kappa shape index (κ2) is 12.5. The molecule has 2 heterocycles. The van der Waals surface area contributed by atoms with E-state index in [9.17, 15) is 4.39 Å². The largest absolute Gasteiger partial charge is 0.385 e. The van der Waals surface area contributed by atoms with Crippen LogP contribution in [0.4, 0.5) is 15.9 Å². The number of ether oxygens (including phenoxy) is 2. The molecule has 0 bridgehead atoms. The number of hydrogen-bond acceptors (Lipinski definition) is 6. The zero-order chi connectivity index (χ0) is 23.8. The molecule has 4 rings (SSSR count). The highest BCUT2D eigenvalue weighted by Gasteiger charge is 2.23. The lowest BCUT2D eigenvalue weighted by atomic mass is 9.90. The van der Waals surface area contributed by atoms with Gasteiger partial charge >= 0.3 is 0 Å². The Kier molecular flexibility index (Phi) is 9.13. The molecule has 7 heteroatoms. The lowest BCUT2D eigenvalue weighted by Gasteiger charge is -2.31. The first-order valence-electron chi connectivity index (χ1n) is 12.7. The molecule has 1 saturated heterocycles. The van der Waals surface area contributed by atoms with Crippen LogP contribution in [0.25, 0.3) is 11.1 Å². The molecule has 186 valence electrons. The van der Waals surface area contributed by atoms with Gasteiger partial charge in [0.2, 0.25) is 0 Å². The van der Waals surface area contributed by atoms with Gasteiger partial charge in [-0.3, -0.25) is 0 Å². The number of nitrogens with one attached hydrogen (secondary N) is 3. The van der Waals surface area contributed by atoms with Crippen molar-refractivity contribution in [1.29, 1.82) is 0 Å². The van der Waals surface area contributed by atoms with Gasteiger partial charge in [0.25, 0.3) is 0 Å². The fourth-order valence-electron chi connectivity index (χ4n) is 5.06. The van der Waals surface area contributed by atoms with Crippen LogP contribution in [-0.2, 0) is 9.47 Å². The fraction of sp³-hybridized carbons (Fsp3) is 0.593. The summed E-state index contributed by atoms with van der Waals surface area (Å²) in [4.78, 5) is 4.32. The quantitative estimate of drug-likeness (QED) is 0.450. The second-order valence-corrected chi connectivity index (χ2v) is 9.78. The maximum atomic E-state index is 14.7. The lowest BCUT2D eigenvalue weighted by molar-refractivity contribution is 0.0699. The first-order chi connectivity index (χ1) is 16.6. The summed E-state index contributed by atoms with van der Waals surface area (Å²) in [5.74, 6) is 1.06. The summed E-state index contributed by atoms with van der Waals surface area (Å²) in [7, 11) is 1.74. The Bertz CT molecular complexity index is 898. The number of nitrogens with zero attached hydrogens (tertiary/aromatic N) is 1. The summed E-state index contributed by atoms with van der Waals surface area (Å²) in [5, 5.41) is 10.7.